The molecule has 8 heterocycles. The number of aryl methyl sites for hydroxylation is 6. The lowest BCUT2D eigenvalue weighted by atomic mass is 9.86. The van der Waals surface area contributed by atoms with Crippen LogP contribution >= 0.6 is 0 Å². The highest BCUT2D eigenvalue weighted by Crippen LogP contribution is 2.40. The highest BCUT2D eigenvalue weighted by molar-refractivity contribution is 5.92. The monoisotopic (exact) mass is 1580 g/mol. The quantitative estimate of drug-likeness (QED) is 0.114. The lowest BCUT2D eigenvalue weighted by Gasteiger charge is -2.19. The summed E-state index contributed by atoms with van der Waals surface area (Å²) >= 11 is 0. The van der Waals surface area contributed by atoms with Gasteiger partial charge in [-0.2, -0.15) is 0 Å². The van der Waals surface area contributed by atoms with E-state index in [0.717, 1.165) is 179 Å². The molecule has 12 heteroatoms. The third kappa shape index (κ3) is 17.9. The van der Waals surface area contributed by atoms with Gasteiger partial charge in [0.1, 0.15) is 0 Å². The standard InChI is InChI=1S/C29H25N3.C28H23N3.C27H21N3.C26H19N3/c1-29(2,3)24-16-14-22(15-17-24)28-27(31-25-8-4-5-9-26(25)32-28)21-12-10-20(11-13-21)23-7-6-18-30-19-23;1-18-15-19(2)26(20(3)16-18)28-27(30-24-8-4-5-9-25(24)31-28)22-12-10-21(11-13-22)23-7-6-14-29-17-23;1-18-14-19(2)16-23(15-18)27-26(29-24-7-3-4-8-25(24)30-27)21-11-9-20(10-12-21)22-6-5-13-28-17-22;1-18-9-11-20(12-10-18)25-26(29-24-8-3-2-7-23(24)28-25)21-15-13-19(14-16-21)22-6-4-5-17-27-22/h4-19H,1-3H3;4-17H,1-3H3;3-17H,1-2H3;2-17H,1H3. The summed E-state index contributed by atoms with van der Waals surface area (Å²) in [7, 11) is 0. The number of benzene rings is 12. The molecule has 0 fully saturated rings. The molecule has 12 aromatic carbocycles. The third-order valence-electron chi connectivity index (χ3n) is 21.6. The zero-order valence-corrected chi connectivity index (χ0v) is 69.6. The van der Waals surface area contributed by atoms with E-state index in [2.05, 4.69) is 276 Å². The number of fused-ring (bicyclic) bond motifs is 4. The van der Waals surface area contributed by atoms with Crippen molar-refractivity contribution in [2.24, 2.45) is 0 Å². The molecular weight excluding hydrogens is 1490 g/mol. The molecule has 0 N–H and O–H groups in total. The molecule has 0 aliphatic rings. The largest absolute Gasteiger partial charge is 0.264 e. The van der Waals surface area contributed by atoms with Gasteiger partial charge < -0.3 is 0 Å². The Morgan fingerprint density at radius 2 is 0.467 bits per heavy atom. The first-order chi connectivity index (χ1) is 59.5. The normalized spacial score (nSPS) is 11.2. The van der Waals surface area contributed by atoms with Crippen molar-refractivity contribution in [2.45, 2.75) is 67.7 Å². The Morgan fingerprint density at radius 1 is 0.197 bits per heavy atom. The molecule has 0 saturated heterocycles. The topological polar surface area (TPSA) is 155 Å². The van der Waals surface area contributed by atoms with Crippen molar-refractivity contribution in [3.63, 3.8) is 0 Å². The Balaban J connectivity index is 0.000000116. The van der Waals surface area contributed by atoms with Crippen LogP contribution < -0.4 is 0 Å². The van der Waals surface area contributed by atoms with Gasteiger partial charge in [0, 0.05) is 93.4 Å². The molecule has 122 heavy (non-hydrogen) atoms. The number of para-hydroxylation sites is 8. The Hall–Kier alpha value is -15.4. The van der Waals surface area contributed by atoms with E-state index in [4.69, 9.17) is 39.9 Å². The van der Waals surface area contributed by atoms with E-state index in [1.54, 1.807) is 18.6 Å². The number of aromatic nitrogens is 12. The van der Waals surface area contributed by atoms with Crippen LogP contribution in [0.5, 0.6) is 0 Å². The molecule has 0 aliphatic heterocycles. The number of rotatable bonds is 12. The van der Waals surface area contributed by atoms with E-state index < -0.39 is 0 Å². The van der Waals surface area contributed by atoms with E-state index in [1.807, 2.05) is 158 Å². The molecule has 12 nitrogen and oxygen atoms in total. The van der Waals surface area contributed by atoms with Crippen LogP contribution in [0.1, 0.15) is 59.7 Å². The number of nitrogens with zero attached hydrogens (tertiary/aromatic N) is 12. The summed E-state index contributed by atoms with van der Waals surface area (Å²) in [4.78, 5) is 57.3. The van der Waals surface area contributed by atoms with E-state index in [9.17, 15) is 0 Å². The summed E-state index contributed by atoms with van der Waals surface area (Å²) in [5.74, 6) is 0. The van der Waals surface area contributed by atoms with Gasteiger partial charge in [0.15, 0.2) is 0 Å². The van der Waals surface area contributed by atoms with Gasteiger partial charge in [0.2, 0.25) is 0 Å². The Bertz CT molecular complexity index is 7050. The highest BCUT2D eigenvalue weighted by atomic mass is 14.9. The number of pyridine rings is 4. The van der Waals surface area contributed by atoms with Crippen LogP contribution in [0.15, 0.2) is 371 Å². The summed E-state index contributed by atoms with van der Waals surface area (Å²) in [6.07, 6.45) is 12.8. The first kappa shape index (κ1) is 79.1. The van der Waals surface area contributed by atoms with Gasteiger partial charge in [-0.1, -0.05) is 280 Å². The van der Waals surface area contributed by atoms with Crippen LogP contribution in [-0.2, 0) is 5.41 Å². The van der Waals surface area contributed by atoms with Crippen molar-refractivity contribution in [3.05, 3.63) is 410 Å². The van der Waals surface area contributed by atoms with Gasteiger partial charge in [0.25, 0.3) is 0 Å². The van der Waals surface area contributed by atoms with Crippen LogP contribution in [0.3, 0.4) is 0 Å². The fourth-order valence-corrected chi connectivity index (χ4v) is 15.5. The molecule has 20 rings (SSSR count). The average Bonchev–Trinajstić information content (AvgIpc) is 0.780. The summed E-state index contributed by atoms with van der Waals surface area (Å²) in [5, 5.41) is 0. The lowest BCUT2D eigenvalue weighted by molar-refractivity contribution is 0.590. The molecule has 0 amide bonds. The van der Waals surface area contributed by atoms with Crippen molar-refractivity contribution < 1.29 is 0 Å². The molecule has 0 spiro atoms. The van der Waals surface area contributed by atoms with Gasteiger partial charge in [-0.3, -0.25) is 19.9 Å². The van der Waals surface area contributed by atoms with Crippen molar-refractivity contribution in [3.8, 4) is 135 Å². The minimum Gasteiger partial charge on any atom is -0.264 e. The zero-order chi connectivity index (χ0) is 83.6. The SMILES string of the molecule is CC(C)(C)c1ccc(-c2nc3ccccc3nc2-c2ccc(-c3cccnc3)cc2)cc1.Cc1cc(C)c(-c2nc3ccccc3nc2-c2ccc(-c3cccnc3)cc2)c(C)c1.Cc1cc(C)cc(-c2nc3ccccc3nc2-c2ccc(-c3cccnc3)cc2)c1.Cc1ccc(-c2nc3ccccc3nc2-c2ccc(-c3ccccn3)cc2)cc1. The van der Waals surface area contributed by atoms with Gasteiger partial charge in [0.05, 0.1) is 95.4 Å². The minimum atomic E-state index is 0.110. The lowest BCUT2D eigenvalue weighted by Crippen LogP contribution is -2.10. The van der Waals surface area contributed by atoms with Crippen LogP contribution in [0.25, 0.3) is 179 Å². The molecule has 20 aromatic rings. The zero-order valence-electron chi connectivity index (χ0n) is 69.6. The molecular formula is C110H88N12. The van der Waals surface area contributed by atoms with Crippen molar-refractivity contribution in [1.29, 1.82) is 0 Å². The predicted molar refractivity (Wildman–Crippen MR) is 502 cm³/mol. The summed E-state index contributed by atoms with van der Waals surface area (Å²) in [6, 6.07) is 112. The number of hydrogen-bond donors (Lipinski definition) is 0. The summed E-state index contributed by atoms with van der Waals surface area (Å²) in [5.41, 5.74) is 40.6. The third-order valence-corrected chi connectivity index (χ3v) is 21.6. The maximum Gasteiger partial charge on any atom is 0.0978 e. The molecule has 0 atom stereocenters. The second kappa shape index (κ2) is 35.4. The van der Waals surface area contributed by atoms with E-state index in [0.29, 0.717) is 0 Å². The smallest absolute Gasteiger partial charge is 0.0978 e. The molecule has 588 valence electrons. The first-order valence-electron chi connectivity index (χ1n) is 41.0. The second-order valence-electron chi connectivity index (χ2n) is 31.7. The molecule has 0 radical (unpaired) electrons. The number of hydrogen-bond acceptors (Lipinski definition) is 12. The Morgan fingerprint density at radius 3 is 0.770 bits per heavy atom. The van der Waals surface area contributed by atoms with Gasteiger partial charge in [-0.25, -0.2) is 39.9 Å². The van der Waals surface area contributed by atoms with Crippen LogP contribution in [0, 0.1) is 41.5 Å². The van der Waals surface area contributed by atoms with Crippen LogP contribution in [0.2, 0.25) is 0 Å². The van der Waals surface area contributed by atoms with Gasteiger partial charge >= 0.3 is 0 Å². The maximum absolute atomic E-state index is 5.08. The van der Waals surface area contributed by atoms with Gasteiger partial charge in [-0.05, 0) is 188 Å². The van der Waals surface area contributed by atoms with E-state index >= 15 is 0 Å². The summed E-state index contributed by atoms with van der Waals surface area (Å²) < 4.78 is 0. The average molecular weight is 1580 g/mol. The van der Waals surface area contributed by atoms with Crippen LogP contribution in [-0.4, -0.2) is 59.8 Å². The molecule has 0 bridgehead atoms. The predicted octanol–water partition coefficient (Wildman–Crippen LogP) is 27.3. The fourth-order valence-electron chi connectivity index (χ4n) is 15.5. The van der Waals surface area contributed by atoms with Crippen molar-refractivity contribution >= 4 is 44.1 Å². The van der Waals surface area contributed by atoms with Crippen molar-refractivity contribution in [2.75, 3.05) is 0 Å². The molecule has 8 aromatic heterocycles. The fraction of sp³-hybridized carbons (Fsp3) is 0.0909. The van der Waals surface area contributed by atoms with Gasteiger partial charge in [-0.15, -0.1) is 0 Å². The first-order valence-corrected chi connectivity index (χ1v) is 41.0. The highest BCUT2D eigenvalue weighted by Gasteiger charge is 2.22. The minimum absolute atomic E-state index is 0.110. The second-order valence-corrected chi connectivity index (χ2v) is 31.7. The van der Waals surface area contributed by atoms with Crippen LogP contribution in [0.4, 0.5) is 0 Å². The van der Waals surface area contributed by atoms with E-state index in [1.165, 1.54) is 38.9 Å². The Kier molecular flexibility index (Phi) is 23.0. The van der Waals surface area contributed by atoms with Crippen molar-refractivity contribution in [1.82, 2.24) is 59.8 Å². The maximum atomic E-state index is 5.08. The molecule has 0 saturated carbocycles. The Labute approximate surface area is 711 Å². The molecule has 0 aliphatic carbocycles. The molecule has 0 unspecified atom stereocenters. The van der Waals surface area contributed by atoms with E-state index in [-0.39, 0.29) is 5.41 Å². The summed E-state index contributed by atoms with van der Waals surface area (Å²) in [6.45, 7) is 19.5.